The summed E-state index contributed by atoms with van der Waals surface area (Å²) in [6, 6.07) is 44.1. The van der Waals surface area contributed by atoms with Gasteiger partial charge in [0.05, 0.1) is 30.2 Å². The number of esters is 2. The number of H-pyrrole nitrogens is 2. The SMILES string of the molecule is CCOC(=O)C1=C(C(=O)OCC)C2(c3ccc(C)cc3)c3ccc([nH]3)/C(c3ccc(C)cc3)=C3/C=CC(=N3)/C(c3ccc(C)cc3)=c3/cc/c([nH]3)=C(\c3ccc(C)cc3)c3cc2n1c3. The molecule has 0 aliphatic carbocycles. The van der Waals surface area contributed by atoms with Crippen molar-refractivity contribution in [3.8, 4) is 0 Å². The summed E-state index contributed by atoms with van der Waals surface area (Å²) in [6.45, 7) is 12.1. The van der Waals surface area contributed by atoms with E-state index in [1.165, 1.54) is 5.56 Å². The van der Waals surface area contributed by atoms with Crippen LogP contribution in [0.3, 0.4) is 0 Å². The minimum absolute atomic E-state index is 0.106. The van der Waals surface area contributed by atoms with Gasteiger partial charge in [0.25, 0.3) is 0 Å². The van der Waals surface area contributed by atoms with E-state index in [4.69, 9.17) is 14.5 Å². The Morgan fingerprint density at radius 3 is 1.70 bits per heavy atom. The van der Waals surface area contributed by atoms with Crippen LogP contribution in [0.2, 0.25) is 0 Å². The fourth-order valence-electron chi connectivity index (χ4n) is 9.48. The summed E-state index contributed by atoms with van der Waals surface area (Å²) < 4.78 is 13.6. The van der Waals surface area contributed by atoms with Crippen molar-refractivity contribution in [2.24, 2.45) is 4.99 Å². The molecular weight excluding hydrogens is 793 g/mol. The molecule has 1 atom stereocenters. The second kappa shape index (κ2) is 15.9. The van der Waals surface area contributed by atoms with Crippen LogP contribution in [0.25, 0.3) is 22.4 Å². The summed E-state index contributed by atoms with van der Waals surface area (Å²) in [5.41, 5.74) is 14.5. The van der Waals surface area contributed by atoms with Crippen molar-refractivity contribution in [1.29, 1.82) is 0 Å². The monoisotopic (exact) mass is 840 g/mol. The number of hydrogen-bond acceptors (Lipinski definition) is 5. The second-order valence-corrected chi connectivity index (χ2v) is 16.8. The van der Waals surface area contributed by atoms with E-state index in [0.29, 0.717) is 11.4 Å². The molecule has 0 fully saturated rings. The Morgan fingerprint density at radius 1 is 0.578 bits per heavy atom. The normalized spacial score (nSPS) is 19.2. The lowest BCUT2D eigenvalue weighted by molar-refractivity contribution is -0.140. The molecule has 0 amide bonds. The molecule has 10 rings (SSSR count). The van der Waals surface area contributed by atoms with Crippen LogP contribution in [0.1, 0.15) is 81.0 Å². The number of carbonyl (C=O) groups is 2. The quantitative estimate of drug-likeness (QED) is 0.149. The van der Waals surface area contributed by atoms with E-state index in [1.807, 2.05) is 48.0 Å². The number of aryl methyl sites for hydroxylation is 4. The number of aromatic amines is 2. The molecule has 3 aromatic heterocycles. The minimum atomic E-state index is -1.37. The van der Waals surface area contributed by atoms with Crippen LogP contribution in [-0.2, 0) is 24.5 Å². The topological polar surface area (TPSA) is 101 Å². The summed E-state index contributed by atoms with van der Waals surface area (Å²) in [5.74, 6) is -1.23. The molecule has 316 valence electrons. The molecule has 64 heavy (non-hydrogen) atoms. The van der Waals surface area contributed by atoms with Gasteiger partial charge in [-0.15, -0.1) is 0 Å². The number of aromatic nitrogens is 3. The molecule has 3 aliphatic heterocycles. The summed E-state index contributed by atoms with van der Waals surface area (Å²) in [6.07, 6.45) is 6.14. The predicted molar refractivity (Wildman–Crippen MR) is 253 cm³/mol. The van der Waals surface area contributed by atoms with Gasteiger partial charge in [0.2, 0.25) is 0 Å². The third-order valence-corrected chi connectivity index (χ3v) is 12.5. The first-order chi connectivity index (χ1) is 31.1. The third-order valence-electron chi connectivity index (χ3n) is 12.5. The van der Waals surface area contributed by atoms with Gasteiger partial charge >= 0.3 is 11.9 Å². The Balaban J connectivity index is 1.41. The molecule has 0 radical (unpaired) electrons. The molecular formula is C56H48N4O4. The molecule has 4 aromatic carbocycles. The molecule has 1 unspecified atom stereocenters. The van der Waals surface area contributed by atoms with Gasteiger partial charge in [-0.2, -0.15) is 0 Å². The van der Waals surface area contributed by atoms with Gasteiger partial charge in [-0.05, 0) is 106 Å². The highest BCUT2D eigenvalue weighted by Gasteiger charge is 2.55. The van der Waals surface area contributed by atoms with Gasteiger partial charge in [0.1, 0.15) is 11.1 Å². The fourth-order valence-corrected chi connectivity index (χ4v) is 9.48. The highest BCUT2D eigenvalue weighted by atomic mass is 16.5. The van der Waals surface area contributed by atoms with Crippen molar-refractivity contribution >= 4 is 40.1 Å². The number of carbonyl (C=O) groups excluding carboxylic acids is 2. The van der Waals surface area contributed by atoms with Gasteiger partial charge in [-0.3, -0.25) is 0 Å². The van der Waals surface area contributed by atoms with E-state index in [2.05, 4.69) is 140 Å². The lowest BCUT2D eigenvalue weighted by Gasteiger charge is -2.32. The van der Waals surface area contributed by atoms with E-state index >= 15 is 0 Å². The number of nitrogens with one attached hydrogen (secondary N) is 2. The predicted octanol–water partition coefficient (Wildman–Crippen LogP) is 9.29. The Bertz CT molecular complexity index is 3280. The van der Waals surface area contributed by atoms with Crippen LogP contribution in [0.5, 0.6) is 0 Å². The Hall–Kier alpha value is -7.71. The van der Waals surface area contributed by atoms with Crippen LogP contribution in [0.15, 0.2) is 162 Å². The van der Waals surface area contributed by atoms with Crippen LogP contribution in [0, 0.1) is 27.7 Å². The van der Waals surface area contributed by atoms with Crippen molar-refractivity contribution in [3.05, 3.63) is 235 Å². The number of nitrogens with zero attached hydrogens (tertiary/aromatic N) is 2. The highest BCUT2D eigenvalue weighted by Crippen LogP contribution is 2.54. The van der Waals surface area contributed by atoms with Gasteiger partial charge < -0.3 is 24.0 Å². The first-order valence-electron chi connectivity index (χ1n) is 21.8. The zero-order chi connectivity index (χ0) is 44.3. The Labute approximate surface area is 372 Å². The maximum Gasteiger partial charge on any atom is 0.355 e. The first-order valence-corrected chi connectivity index (χ1v) is 21.8. The lowest BCUT2D eigenvalue weighted by atomic mass is 9.69. The zero-order valence-corrected chi connectivity index (χ0v) is 36.8. The zero-order valence-electron chi connectivity index (χ0n) is 36.8. The summed E-state index contributed by atoms with van der Waals surface area (Å²) in [5, 5.41) is 1.77. The smallest absolute Gasteiger partial charge is 0.355 e. The van der Waals surface area contributed by atoms with Crippen LogP contribution < -0.4 is 10.7 Å². The number of fused-ring (bicyclic) bond motifs is 7. The number of allylic oxidation sites excluding steroid dienone is 2. The number of ether oxygens (including phenoxy) is 2. The van der Waals surface area contributed by atoms with Crippen molar-refractivity contribution < 1.29 is 19.1 Å². The fraction of sp³-hybridized carbons (Fsp3) is 0.161. The van der Waals surface area contributed by atoms with Crippen molar-refractivity contribution in [2.45, 2.75) is 47.0 Å². The molecule has 0 saturated heterocycles. The van der Waals surface area contributed by atoms with Gasteiger partial charge in [-0.25, -0.2) is 14.6 Å². The number of hydrogen-bond donors (Lipinski definition) is 2. The third kappa shape index (κ3) is 6.56. The first kappa shape index (κ1) is 40.4. The molecule has 6 heterocycles. The molecule has 8 bridgehead atoms. The molecule has 2 N–H and O–H groups in total. The molecule has 7 aromatic rings. The summed E-state index contributed by atoms with van der Waals surface area (Å²) in [7, 11) is 0. The van der Waals surface area contributed by atoms with Crippen molar-refractivity contribution in [3.63, 3.8) is 0 Å². The van der Waals surface area contributed by atoms with Gasteiger partial charge in [-0.1, -0.05) is 119 Å². The van der Waals surface area contributed by atoms with Crippen molar-refractivity contribution in [1.82, 2.24) is 14.5 Å². The maximum absolute atomic E-state index is 14.9. The van der Waals surface area contributed by atoms with Crippen LogP contribution in [-0.4, -0.2) is 45.4 Å². The second-order valence-electron chi connectivity index (χ2n) is 16.8. The summed E-state index contributed by atoms with van der Waals surface area (Å²) in [4.78, 5) is 42.7. The Kier molecular flexibility index (Phi) is 10.0. The molecule has 3 aliphatic rings. The van der Waals surface area contributed by atoms with E-state index < -0.39 is 17.4 Å². The molecule has 0 saturated carbocycles. The molecule has 0 spiro atoms. The van der Waals surface area contributed by atoms with E-state index in [1.54, 1.807) is 13.8 Å². The number of aliphatic imine (C=N–C) groups is 1. The van der Waals surface area contributed by atoms with E-state index in [9.17, 15) is 9.59 Å². The molecule has 8 nitrogen and oxygen atoms in total. The average molecular weight is 841 g/mol. The maximum atomic E-state index is 14.9. The summed E-state index contributed by atoms with van der Waals surface area (Å²) >= 11 is 0. The molecule has 8 heteroatoms. The van der Waals surface area contributed by atoms with Gasteiger partial charge in [0, 0.05) is 56.3 Å². The number of benzene rings is 4. The lowest BCUT2D eigenvalue weighted by Crippen LogP contribution is -2.35. The van der Waals surface area contributed by atoms with Gasteiger partial charge in [0.15, 0.2) is 0 Å². The van der Waals surface area contributed by atoms with Crippen molar-refractivity contribution in [2.75, 3.05) is 13.2 Å². The minimum Gasteiger partial charge on any atom is -0.463 e. The Morgan fingerprint density at radius 2 is 1.11 bits per heavy atom. The van der Waals surface area contributed by atoms with Crippen LogP contribution in [0.4, 0.5) is 0 Å². The van der Waals surface area contributed by atoms with E-state index in [0.717, 1.165) is 89.0 Å². The van der Waals surface area contributed by atoms with E-state index in [-0.39, 0.29) is 24.5 Å². The average Bonchev–Trinajstić information content (AvgIpc) is 4.15. The van der Waals surface area contributed by atoms with Crippen LogP contribution >= 0.6 is 0 Å². The highest BCUT2D eigenvalue weighted by molar-refractivity contribution is 6.30. The number of rotatable bonds is 8. The standard InChI is InChI=1S/C56H48N4O4/c1-7-63-54(61)52-53(55(62)64-8-2)60-32-40-31-48(60)56(52,41-23-15-36(6)16-24-41)47-30-29-46(59-47)51(39-21-13-35(5)14-22-39)45-28-27-44(58-45)50(38-19-11-34(4)12-20-38)43-26-25-42(57-43)49(40)37-17-9-33(3)10-18-37/h9-32,57,59H,7-8H2,1-6H3/b49-42-,50-43-,51-45-. The largest absolute Gasteiger partial charge is 0.463 e.